The maximum Gasteiger partial charge on any atom is 0.118 e. The molecule has 0 aliphatic carbocycles. The molecule has 2 aromatic rings. The quantitative estimate of drug-likeness (QED) is 0.861. The van der Waals surface area contributed by atoms with Gasteiger partial charge in [0.15, 0.2) is 0 Å². The highest BCUT2D eigenvalue weighted by Crippen LogP contribution is 2.26. The van der Waals surface area contributed by atoms with E-state index in [0.29, 0.717) is 6.04 Å². The lowest BCUT2D eigenvalue weighted by Gasteiger charge is -2.14. The molecule has 3 heteroatoms. The summed E-state index contributed by atoms with van der Waals surface area (Å²) in [5.74, 6) is 0.919. The minimum atomic E-state index is 0.445. The molecular formula is C16H21NOS. The smallest absolute Gasteiger partial charge is 0.118 e. The number of aryl methyl sites for hydroxylation is 2. The first-order valence-corrected chi connectivity index (χ1v) is 7.41. The van der Waals surface area contributed by atoms with Crippen LogP contribution < -0.4 is 10.1 Å². The average molecular weight is 275 g/mol. The van der Waals surface area contributed by atoms with Gasteiger partial charge in [0, 0.05) is 15.8 Å². The van der Waals surface area contributed by atoms with Gasteiger partial charge in [0.2, 0.25) is 0 Å². The van der Waals surface area contributed by atoms with Crippen molar-refractivity contribution < 1.29 is 4.74 Å². The lowest BCUT2D eigenvalue weighted by atomic mass is 10.0. The van der Waals surface area contributed by atoms with Gasteiger partial charge in [-0.05, 0) is 56.6 Å². The van der Waals surface area contributed by atoms with Gasteiger partial charge in [-0.3, -0.25) is 0 Å². The second-order valence-electron chi connectivity index (χ2n) is 4.68. The predicted molar refractivity (Wildman–Crippen MR) is 82.2 cm³/mol. The number of ether oxygens (including phenoxy) is 1. The SMILES string of the molecule is CNC(CCc1ccc(OC)cc1)c1ccc(C)s1. The predicted octanol–water partition coefficient (Wildman–Crippen LogP) is 3.96. The van der Waals surface area contributed by atoms with Gasteiger partial charge >= 0.3 is 0 Å². The molecule has 19 heavy (non-hydrogen) atoms. The van der Waals surface area contributed by atoms with Crippen LogP contribution in [0.5, 0.6) is 5.75 Å². The van der Waals surface area contributed by atoms with Gasteiger partial charge in [0.1, 0.15) is 5.75 Å². The number of hydrogen-bond acceptors (Lipinski definition) is 3. The average Bonchev–Trinajstić information content (AvgIpc) is 2.87. The summed E-state index contributed by atoms with van der Waals surface area (Å²) in [5, 5.41) is 3.41. The molecule has 2 nitrogen and oxygen atoms in total. The van der Waals surface area contributed by atoms with E-state index in [1.807, 2.05) is 30.5 Å². The number of hydrogen-bond donors (Lipinski definition) is 1. The Morgan fingerprint density at radius 1 is 1.16 bits per heavy atom. The van der Waals surface area contributed by atoms with E-state index in [-0.39, 0.29) is 0 Å². The van der Waals surface area contributed by atoms with Crippen LogP contribution in [0.1, 0.15) is 27.8 Å². The van der Waals surface area contributed by atoms with Crippen molar-refractivity contribution in [3.63, 3.8) is 0 Å². The van der Waals surface area contributed by atoms with Crippen molar-refractivity contribution in [3.05, 3.63) is 51.7 Å². The van der Waals surface area contributed by atoms with E-state index in [9.17, 15) is 0 Å². The maximum atomic E-state index is 5.18. The minimum Gasteiger partial charge on any atom is -0.497 e. The molecule has 0 amide bonds. The summed E-state index contributed by atoms with van der Waals surface area (Å²) < 4.78 is 5.18. The van der Waals surface area contributed by atoms with Crippen LogP contribution in [0.2, 0.25) is 0 Å². The monoisotopic (exact) mass is 275 g/mol. The molecule has 1 aromatic carbocycles. The summed E-state index contributed by atoms with van der Waals surface area (Å²) in [7, 11) is 3.74. The number of rotatable bonds is 6. The Morgan fingerprint density at radius 3 is 2.42 bits per heavy atom. The van der Waals surface area contributed by atoms with E-state index in [4.69, 9.17) is 4.74 Å². The van der Waals surface area contributed by atoms with Crippen molar-refractivity contribution in [1.29, 1.82) is 0 Å². The Balaban J connectivity index is 1.95. The largest absolute Gasteiger partial charge is 0.497 e. The highest BCUT2D eigenvalue weighted by Gasteiger charge is 2.11. The lowest BCUT2D eigenvalue weighted by Crippen LogP contribution is -2.15. The van der Waals surface area contributed by atoms with Crippen LogP contribution in [0, 0.1) is 6.92 Å². The van der Waals surface area contributed by atoms with Crippen molar-refractivity contribution >= 4 is 11.3 Å². The fourth-order valence-corrected chi connectivity index (χ4v) is 3.19. The van der Waals surface area contributed by atoms with Crippen LogP contribution in [0.3, 0.4) is 0 Å². The van der Waals surface area contributed by atoms with E-state index < -0.39 is 0 Å². The molecule has 0 aliphatic rings. The zero-order valence-corrected chi connectivity index (χ0v) is 12.6. The summed E-state index contributed by atoms with van der Waals surface area (Å²) >= 11 is 1.88. The molecule has 0 bridgehead atoms. The van der Waals surface area contributed by atoms with Crippen molar-refractivity contribution in [2.24, 2.45) is 0 Å². The molecule has 0 aliphatic heterocycles. The maximum absolute atomic E-state index is 5.18. The first-order chi connectivity index (χ1) is 9.22. The van der Waals surface area contributed by atoms with E-state index >= 15 is 0 Å². The van der Waals surface area contributed by atoms with Gasteiger partial charge in [-0.15, -0.1) is 11.3 Å². The van der Waals surface area contributed by atoms with Crippen molar-refractivity contribution in [2.45, 2.75) is 25.8 Å². The third-order valence-electron chi connectivity index (χ3n) is 3.33. The molecule has 1 N–H and O–H groups in total. The standard InChI is InChI=1S/C16H21NOS/c1-12-4-11-16(19-12)15(17-2)10-7-13-5-8-14(18-3)9-6-13/h4-6,8-9,11,15,17H,7,10H2,1-3H3. The van der Waals surface area contributed by atoms with Gasteiger partial charge in [-0.25, -0.2) is 0 Å². The molecule has 0 spiro atoms. The van der Waals surface area contributed by atoms with Crippen LogP contribution in [0.15, 0.2) is 36.4 Å². The Bertz CT molecular complexity index is 504. The molecule has 0 saturated heterocycles. The van der Waals surface area contributed by atoms with Crippen LogP contribution in [-0.2, 0) is 6.42 Å². The number of thiophene rings is 1. The second kappa shape index (κ2) is 6.73. The van der Waals surface area contributed by atoms with E-state index in [2.05, 4.69) is 36.5 Å². The number of methoxy groups -OCH3 is 1. The normalized spacial score (nSPS) is 12.4. The minimum absolute atomic E-state index is 0.445. The van der Waals surface area contributed by atoms with Gasteiger partial charge < -0.3 is 10.1 Å². The molecule has 1 unspecified atom stereocenters. The number of nitrogens with one attached hydrogen (secondary N) is 1. The molecule has 1 heterocycles. The van der Waals surface area contributed by atoms with Crippen molar-refractivity contribution in [2.75, 3.05) is 14.2 Å². The second-order valence-corrected chi connectivity index (χ2v) is 6.00. The molecule has 1 atom stereocenters. The topological polar surface area (TPSA) is 21.3 Å². The third-order valence-corrected chi connectivity index (χ3v) is 4.45. The van der Waals surface area contributed by atoms with Crippen molar-refractivity contribution in [3.8, 4) is 5.75 Å². The molecular weight excluding hydrogens is 254 g/mol. The zero-order chi connectivity index (χ0) is 13.7. The van der Waals surface area contributed by atoms with Crippen LogP contribution in [-0.4, -0.2) is 14.2 Å². The first kappa shape index (κ1) is 14.1. The summed E-state index contributed by atoms with van der Waals surface area (Å²) in [6.45, 7) is 2.16. The molecule has 0 fully saturated rings. The van der Waals surface area contributed by atoms with Gasteiger partial charge in [0.25, 0.3) is 0 Å². The van der Waals surface area contributed by atoms with Crippen molar-refractivity contribution in [1.82, 2.24) is 5.32 Å². The van der Waals surface area contributed by atoms with Crippen LogP contribution in [0.4, 0.5) is 0 Å². The molecule has 102 valence electrons. The highest BCUT2D eigenvalue weighted by molar-refractivity contribution is 7.12. The summed E-state index contributed by atoms with van der Waals surface area (Å²) in [6.07, 6.45) is 2.19. The lowest BCUT2D eigenvalue weighted by molar-refractivity contribution is 0.414. The van der Waals surface area contributed by atoms with Gasteiger partial charge in [-0.2, -0.15) is 0 Å². The Hall–Kier alpha value is -1.32. The van der Waals surface area contributed by atoms with Gasteiger partial charge in [0.05, 0.1) is 7.11 Å². The molecule has 1 aromatic heterocycles. The highest BCUT2D eigenvalue weighted by atomic mass is 32.1. The van der Waals surface area contributed by atoms with E-state index in [0.717, 1.165) is 18.6 Å². The fraction of sp³-hybridized carbons (Fsp3) is 0.375. The number of benzene rings is 1. The summed E-state index contributed by atoms with van der Waals surface area (Å²) in [5.41, 5.74) is 1.36. The van der Waals surface area contributed by atoms with Crippen LogP contribution >= 0.6 is 11.3 Å². The van der Waals surface area contributed by atoms with E-state index in [1.165, 1.54) is 15.3 Å². The van der Waals surface area contributed by atoms with Gasteiger partial charge in [-0.1, -0.05) is 12.1 Å². The van der Waals surface area contributed by atoms with E-state index in [1.54, 1.807) is 7.11 Å². The Morgan fingerprint density at radius 2 is 1.89 bits per heavy atom. The van der Waals surface area contributed by atoms with Crippen LogP contribution in [0.25, 0.3) is 0 Å². The summed E-state index contributed by atoms with van der Waals surface area (Å²) in [6, 6.07) is 13.2. The summed E-state index contributed by atoms with van der Waals surface area (Å²) in [4.78, 5) is 2.80. The molecule has 0 saturated carbocycles. The fourth-order valence-electron chi connectivity index (χ4n) is 2.17. The molecule has 0 radical (unpaired) electrons. The first-order valence-electron chi connectivity index (χ1n) is 6.59. The Labute approximate surface area is 119 Å². The Kier molecular flexibility index (Phi) is 5.00. The zero-order valence-electron chi connectivity index (χ0n) is 11.8. The third kappa shape index (κ3) is 3.82. The molecule has 2 rings (SSSR count).